The van der Waals surface area contributed by atoms with E-state index in [2.05, 4.69) is 39.5 Å². The first-order valence-electron chi connectivity index (χ1n) is 4.73. The van der Waals surface area contributed by atoms with Gasteiger partial charge in [-0.1, -0.05) is 13.8 Å². The van der Waals surface area contributed by atoms with Crippen molar-refractivity contribution < 1.29 is 5.11 Å². The fourth-order valence-electron chi connectivity index (χ4n) is 1.45. The molecule has 0 atom stereocenters. The molecule has 0 radical (unpaired) electrons. The van der Waals surface area contributed by atoms with Gasteiger partial charge in [0.25, 0.3) is 0 Å². The van der Waals surface area contributed by atoms with Gasteiger partial charge in [-0.05, 0) is 26.7 Å². The average molecular weight is 171 g/mol. The number of hydrogen-bond acceptors (Lipinski definition) is 2. The fourth-order valence-corrected chi connectivity index (χ4v) is 1.45. The van der Waals surface area contributed by atoms with Crippen LogP contribution in [0.3, 0.4) is 0 Å². The minimum atomic E-state index is -0.423. The van der Waals surface area contributed by atoms with Crippen LogP contribution in [-0.4, -0.2) is 34.2 Å². The van der Waals surface area contributed by atoms with Crippen molar-refractivity contribution in [3.8, 4) is 0 Å². The number of β-amino-alcohol motifs (C(OH)–C–C–N with tert-alkyl or cyclic N) is 1. The van der Waals surface area contributed by atoms with Crippen LogP contribution in [0.1, 0.15) is 34.6 Å². The summed E-state index contributed by atoms with van der Waals surface area (Å²) in [6, 6.07) is 0. The van der Waals surface area contributed by atoms with Crippen molar-refractivity contribution in [2.45, 2.75) is 45.8 Å². The van der Waals surface area contributed by atoms with Gasteiger partial charge in [0.15, 0.2) is 0 Å². The monoisotopic (exact) mass is 171 g/mol. The van der Waals surface area contributed by atoms with E-state index in [9.17, 15) is 5.11 Å². The average Bonchev–Trinajstić information content (AvgIpc) is 1.77. The number of aliphatic hydroxyl groups is 1. The maximum atomic E-state index is 9.98. The summed E-state index contributed by atoms with van der Waals surface area (Å²) >= 11 is 0. The van der Waals surface area contributed by atoms with Crippen LogP contribution in [0, 0.1) is 5.92 Å². The highest BCUT2D eigenvalue weighted by molar-refractivity contribution is 5.01. The third kappa shape index (κ3) is 1.64. The van der Waals surface area contributed by atoms with E-state index < -0.39 is 5.60 Å². The Morgan fingerprint density at radius 1 is 1.25 bits per heavy atom. The molecule has 1 aliphatic rings. The predicted molar refractivity (Wildman–Crippen MR) is 51.1 cm³/mol. The van der Waals surface area contributed by atoms with Gasteiger partial charge in [0.1, 0.15) is 0 Å². The molecule has 0 spiro atoms. The van der Waals surface area contributed by atoms with E-state index in [-0.39, 0.29) is 5.54 Å². The Hall–Kier alpha value is -0.0800. The molecule has 0 saturated carbocycles. The Kier molecular flexibility index (Phi) is 2.26. The van der Waals surface area contributed by atoms with Gasteiger partial charge >= 0.3 is 0 Å². The van der Waals surface area contributed by atoms with Crippen molar-refractivity contribution in [3.05, 3.63) is 0 Å². The van der Waals surface area contributed by atoms with E-state index in [0.29, 0.717) is 5.92 Å². The SMILES string of the molecule is CC(C)C1(O)CN(C(C)(C)C)C1. The second kappa shape index (κ2) is 2.71. The van der Waals surface area contributed by atoms with E-state index >= 15 is 0 Å². The molecule has 1 fully saturated rings. The summed E-state index contributed by atoms with van der Waals surface area (Å²) in [4.78, 5) is 2.31. The van der Waals surface area contributed by atoms with Gasteiger partial charge in [-0.3, -0.25) is 4.90 Å². The number of likely N-dealkylation sites (tertiary alicyclic amines) is 1. The number of nitrogens with zero attached hydrogens (tertiary/aromatic N) is 1. The molecule has 12 heavy (non-hydrogen) atoms. The topological polar surface area (TPSA) is 23.5 Å². The summed E-state index contributed by atoms with van der Waals surface area (Å²) in [5, 5.41) is 9.98. The van der Waals surface area contributed by atoms with Gasteiger partial charge in [0.2, 0.25) is 0 Å². The number of rotatable bonds is 1. The minimum Gasteiger partial charge on any atom is -0.387 e. The summed E-state index contributed by atoms with van der Waals surface area (Å²) in [5.41, 5.74) is -0.214. The molecule has 0 aromatic carbocycles. The molecule has 0 aromatic heterocycles. The lowest BCUT2D eigenvalue weighted by Gasteiger charge is -2.54. The Balaban J connectivity index is 2.47. The van der Waals surface area contributed by atoms with Crippen LogP contribution in [0.15, 0.2) is 0 Å². The van der Waals surface area contributed by atoms with Crippen LogP contribution in [0.2, 0.25) is 0 Å². The van der Waals surface area contributed by atoms with E-state index in [4.69, 9.17) is 0 Å². The second-order valence-corrected chi connectivity index (χ2v) is 5.29. The van der Waals surface area contributed by atoms with Crippen LogP contribution in [0.4, 0.5) is 0 Å². The summed E-state index contributed by atoms with van der Waals surface area (Å²) in [7, 11) is 0. The molecule has 0 amide bonds. The maximum absolute atomic E-state index is 9.98. The van der Waals surface area contributed by atoms with E-state index in [1.807, 2.05) is 0 Å². The van der Waals surface area contributed by atoms with E-state index in [1.54, 1.807) is 0 Å². The van der Waals surface area contributed by atoms with Gasteiger partial charge in [0.05, 0.1) is 5.60 Å². The van der Waals surface area contributed by atoms with Gasteiger partial charge in [-0.15, -0.1) is 0 Å². The van der Waals surface area contributed by atoms with Crippen LogP contribution in [0.5, 0.6) is 0 Å². The van der Waals surface area contributed by atoms with Gasteiger partial charge in [0, 0.05) is 18.6 Å². The van der Waals surface area contributed by atoms with Crippen molar-refractivity contribution in [1.82, 2.24) is 4.90 Å². The first kappa shape index (κ1) is 10.0. The standard InChI is InChI=1S/C10H21NO/c1-8(2)10(12)6-11(7-10)9(3,4)5/h8,12H,6-7H2,1-5H3. The van der Waals surface area contributed by atoms with E-state index in [0.717, 1.165) is 13.1 Å². The summed E-state index contributed by atoms with van der Waals surface area (Å²) in [6.07, 6.45) is 0. The zero-order valence-electron chi connectivity index (χ0n) is 8.89. The molecular formula is C10H21NO. The third-order valence-electron chi connectivity index (χ3n) is 2.95. The normalized spacial score (nSPS) is 24.2. The second-order valence-electron chi connectivity index (χ2n) is 5.29. The van der Waals surface area contributed by atoms with Crippen LogP contribution < -0.4 is 0 Å². The maximum Gasteiger partial charge on any atom is 0.0923 e. The van der Waals surface area contributed by atoms with Crippen molar-refractivity contribution >= 4 is 0 Å². The molecule has 2 heteroatoms. The molecule has 0 unspecified atom stereocenters. The van der Waals surface area contributed by atoms with Crippen LogP contribution >= 0.6 is 0 Å². The zero-order valence-corrected chi connectivity index (χ0v) is 8.89. The third-order valence-corrected chi connectivity index (χ3v) is 2.95. The molecule has 1 heterocycles. The molecule has 1 N–H and O–H groups in total. The van der Waals surface area contributed by atoms with Crippen molar-refractivity contribution in [1.29, 1.82) is 0 Å². The first-order valence-corrected chi connectivity index (χ1v) is 4.73. The zero-order chi connectivity index (χ0) is 9.57. The summed E-state index contributed by atoms with van der Waals surface area (Å²) < 4.78 is 0. The quantitative estimate of drug-likeness (QED) is 0.646. The lowest BCUT2D eigenvalue weighted by Crippen LogP contribution is -2.69. The Morgan fingerprint density at radius 2 is 1.67 bits per heavy atom. The Labute approximate surface area is 75.6 Å². The Bertz CT molecular complexity index is 163. The molecule has 72 valence electrons. The Morgan fingerprint density at radius 3 is 1.92 bits per heavy atom. The minimum absolute atomic E-state index is 0.209. The van der Waals surface area contributed by atoms with Gasteiger partial charge in [-0.2, -0.15) is 0 Å². The van der Waals surface area contributed by atoms with Crippen molar-refractivity contribution in [3.63, 3.8) is 0 Å². The number of hydrogen-bond donors (Lipinski definition) is 1. The van der Waals surface area contributed by atoms with Crippen LogP contribution in [-0.2, 0) is 0 Å². The highest BCUT2D eigenvalue weighted by Crippen LogP contribution is 2.33. The van der Waals surface area contributed by atoms with E-state index in [1.165, 1.54) is 0 Å². The van der Waals surface area contributed by atoms with Crippen molar-refractivity contribution in [2.75, 3.05) is 13.1 Å². The molecular weight excluding hydrogens is 150 g/mol. The lowest BCUT2D eigenvalue weighted by molar-refractivity contribution is -0.156. The molecule has 0 bridgehead atoms. The lowest BCUT2D eigenvalue weighted by atomic mass is 9.80. The fraction of sp³-hybridized carbons (Fsp3) is 1.00. The van der Waals surface area contributed by atoms with Crippen molar-refractivity contribution in [2.24, 2.45) is 5.92 Å². The molecule has 1 rings (SSSR count). The van der Waals surface area contributed by atoms with Gasteiger partial charge in [-0.25, -0.2) is 0 Å². The largest absolute Gasteiger partial charge is 0.387 e. The molecule has 2 nitrogen and oxygen atoms in total. The smallest absolute Gasteiger partial charge is 0.0923 e. The van der Waals surface area contributed by atoms with Gasteiger partial charge < -0.3 is 5.11 Å². The predicted octanol–water partition coefficient (Wildman–Crippen LogP) is 1.49. The first-order chi connectivity index (χ1) is 5.26. The molecule has 1 saturated heterocycles. The molecule has 0 aromatic rings. The molecule has 1 aliphatic heterocycles. The summed E-state index contributed by atoms with van der Waals surface area (Å²) in [5.74, 6) is 0.371. The highest BCUT2D eigenvalue weighted by Gasteiger charge is 2.47. The van der Waals surface area contributed by atoms with Crippen LogP contribution in [0.25, 0.3) is 0 Å². The summed E-state index contributed by atoms with van der Waals surface area (Å²) in [6.45, 7) is 12.4. The highest BCUT2D eigenvalue weighted by atomic mass is 16.3. The molecule has 0 aliphatic carbocycles.